The highest BCUT2D eigenvalue weighted by atomic mass is 32.2. The number of hydrogen-bond acceptors (Lipinski definition) is 3. The van der Waals surface area contributed by atoms with Crippen LogP contribution in [0.2, 0.25) is 0 Å². The van der Waals surface area contributed by atoms with E-state index in [0.29, 0.717) is 23.8 Å². The van der Waals surface area contributed by atoms with E-state index in [1.54, 1.807) is 24.3 Å². The third-order valence-corrected chi connectivity index (χ3v) is 6.07. The minimum atomic E-state index is -3.54. The van der Waals surface area contributed by atoms with Crippen molar-refractivity contribution in [1.82, 2.24) is 0 Å². The molecule has 0 aliphatic carbocycles. The van der Waals surface area contributed by atoms with E-state index in [0.717, 1.165) is 36.9 Å². The first-order chi connectivity index (χ1) is 11.6. The predicted molar refractivity (Wildman–Crippen MR) is 96.1 cm³/mol. The summed E-state index contributed by atoms with van der Waals surface area (Å²) >= 11 is 0. The van der Waals surface area contributed by atoms with Gasteiger partial charge < -0.3 is 4.74 Å². The molecule has 0 saturated heterocycles. The largest absolute Gasteiger partial charge is 0.494 e. The van der Waals surface area contributed by atoms with E-state index in [1.165, 1.54) is 4.31 Å². The number of nitrogens with zero attached hydrogens (tertiary/aromatic N) is 1. The van der Waals surface area contributed by atoms with Gasteiger partial charge in [-0.1, -0.05) is 31.5 Å². The zero-order chi connectivity index (χ0) is 17.0. The van der Waals surface area contributed by atoms with Crippen molar-refractivity contribution in [3.63, 3.8) is 0 Å². The third kappa shape index (κ3) is 3.41. The molecule has 0 atom stereocenters. The molecule has 0 radical (unpaired) electrons. The molecule has 0 saturated carbocycles. The third-order valence-electron chi connectivity index (χ3n) is 4.25. The summed E-state index contributed by atoms with van der Waals surface area (Å²) in [6.45, 7) is 3.28. The number of sulfonamides is 1. The van der Waals surface area contributed by atoms with Gasteiger partial charge in [-0.3, -0.25) is 4.31 Å². The van der Waals surface area contributed by atoms with Gasteiger partial charge in [-0.25, -0.2) is 8.42 Å². The van der Waals surface area contributed by atoms with Crippen LogP contribution in [0.5, 0.6) is 5.75 Å². The summed E-state index contributed by atoms with van der Waals surface area (Å²) in [7, 11) is -3.54. The maximum atomic E-state index is 13.0. The Kier molecular flexibility index (Phi) is 5.09. The highest BCUT2D eigenvalue weighted by Crippen LogP contribution is 2.32. The molecule has 1 aliphatic heterocycles. The van der Waals surface area contributed by atoms with Crippen molar-refractivity contribution in [2.75, 3.05) is 17.5 Å². The number of para-hydroxylation sites is 1. The van der Waals surface area contributed by atoms with E-state index in [2.05, 4.69) is 6.92 Å². The molecule has 2 aromatic carbocycles. The first-order valence-electron chi connectivity index (χ1n) is 8.46. The second-order valence-corrected chi connectivity index (χ2v) is 7.85. The molecule has 3 rings (SSSR count). The standard InChI is InChI=1S/C19H23NO3S/c1-2-3-15-23-17-10-12-18(13-11-17)24(21,22)20-14-6-8-16-7-4-5-9-19(16)20/h4-5,7,9-13H,2-3,6,8,14-15H2,1H3. The highest BCUT2D eigenvalue weighted by Gasteiger charge is 2.28. The minimum absolute atomic E-state index is 0.307. The molecule has 1 heterocycles. The fourth-order valence-electron chi connectivity index (χ4n) is 2.92. The lowest BCUT2D eigenvalue weighted by atomic mass is 10.0. The molecule has 0 amide bonds. The van der Waals surface area contributed by atoms with Crippen LogP contribution >= 0.6 is 0 Å². The van der Waals surface area contributed by atoms with Crippen LogP contribution < -0.4 is 9.04 Å². The Morgan fingerprint density at radius 1 is 1.08 bits per heavy atom. The number of ether oxygens (including phenoxy) is 1. The molecule has 0 unspecified atom stereocenters. The van der Waals surface area contributed by atoms with Gasteiger partial charge in [0.2, 0.25) is 0 Å². The van der Waals surface area contributed by atoms with Gasteiger partial charge in [0.25, 0.3) is 10.0 Å². The van der Waals surface area contributed by atoms with Crippen molar-refractivity contribution < 1.29 is 13.2 Å². The van der Waals surface area contributed by atoms with Crippen molar-refractivity contribution in [1.29, 1.82) is 0 Å². The Hall–Kier alpha value is -2.01. The Morgan fingerprint density at radius 3 is 2.58 bits per heavy atom. The number of unbranched alkanes of at least 4 members (excludes halogenated alkanes) is 1. The smallest absolute Gasteiger partial charge is 0.264 e. The number of benzene rings is 2. The molecule has 128 valence electrons. The molecule has 2 aromatic rings. The first-order valence-corrected chi connectivity index (χ1v) is 9.90. The van der Waals surface area contributed by atoms with Gasteiger partial charge in [-0.05, 0) is 55.2 Å². The Balaban J connectivity index is 1.84. The van der Waals surface area contributed by atoms with E-state index >= 15 is 0 Å². The van der Waals surface area contributed by atoms with Gasteiger partial charge in [0.1, 0.15) is 5.75 Å². The van der Waals surface area contributed by atoms with Gasteiger partial charge in [0.15, 0.2) is 0 Å². The highest BCUT2D eigenvalue weighted by molar-refractivity contribution is 7.92. The predicted octanol–water partition coefficient (Wildman–Crippen LogP) is 4.01. The first kappa shape index (κ1) is 16.8. The van der Waals surface area contributed by atoms with Crippen LogP contribution in [0.15, 0.2) is 53.4 Å². The lowest BCUT2D eigenvalue weighted by Crippen LogP contribution is -2.35. The van der Waals surface area contributed by atoms with Crippen molar-refractivity contribution in [2.24, 2.45) is 0 Å². The van der Waals surface area contributed by atoms with Crippen LogP contribution in [0.25, 0.3) is 0 Å². The van der Waals surface area contributed by atoms with Crippen molar-refractivity contribution >= 4 is 15.7 Å². The van der Waals surface area contributed by atoms with Crippen LogP contribution in [0.1, 0.15) is 31.7 Å². The summed E-state index contributed by atoms with van der Waals surface area (Å²) in [5.41, 5.74) is 1.89. The molecule has 0 aromatic heterocycles. The second-order valence-electron chi connectivity index (χ2n) is 5.98. The summed E-state index contributed by atoms with van der Waals surface area (Å²) in [6, 6.07) is 14.5. The van der Waals surface area contributed by atoms with Crippen LogP contribution in [-0.4, -0.2) is 21.6 Å². The van der Waals surface area contributed by atoms with Gasteiger partial charge >= 0.3 is 0 Å². The molecule has 24 heavy (non-hydrogen) atoms. The quantitative estimate of drug-likeness (QED) is 0.743. The van der Waals surface area contributed by atoms with Crippen LogP contribution in [0.4, 0.5) is 5.69 Å². The molecule has 4 nitrogen and oxygen atoms in total. The van der Waals surface area contributed by atoms with Crippen LogP contribution in [-0.2, 0) is 16.4 Å². The second kappa shape index (κ2) is 7.26. The van der Waals surface area contributed by atoms with Crippen molar-refractivity contribution in [2.45, 2.75) is 37.5 Å². The fraction of sp³-hybridized carbons (Fsp3) is 0.368. The average Bonchev–Trinajstić information content (AvgIpc) is 2.62. The molecule has 0 spiro atoms. The summed E-state index contributed by atoms with van der Waals surface area (Å²) in [5.74, 6) is 0.710. The van der Waals surface area contributed by atoms with Gasteiger partial charge in [0, 0.05) is 6.54 Å². The maximum Gasteiger partial charge on any atom is 0.264 e. The Morgan fingerprint density at radius 2 is 1.83 bits per heavy atom. The van der Waals surface area contributed by atoms with Crippen molar-refractivity contribution in [3.05, 3.63) is 54.1 Å². The molecular formula is C19H23NO3S. The van der Waals surface area contributed by atoms with Gasteiger partial charge in [-0.15, -0.1) is 0 Å². The van der Waals surface area contributed by atoms with Gasteiger partial charge in [0.05, 0.1) is 17.2 Å². The average molecular weight is 345 g/mol. The summed E-state index contributed by atoms with van der Waals surface area (Å²) in [4.78, 5) is 0.307. The van der Waals surface area contributed by atoms with E-state index in [9.17, 15) is 8.42 Å². The lowest BCUT2D eigenvalue weighted by molar-refractivity contribution is 0.309. The molecule has 0 bridgehead atoms. The topological polar surface area (TPSA) is 46.6 Å². The monoisotopic (exact) mass is 345 g/mol. The fourth-order valence-corrected chi connectivity index (χ4v) is 4.46. The van der Waals surface area contributed by atoms with E-state index in [1.807, 2.05) is 24.3 Å². The van der Waals surface area contributed by atoms with E-state index < -0.39 is 10.0 Å². The zero-order valence-corrected chi connectivity index (χ0v) is 14.8. The molecule has 5 heteroatoms. The number of hydrogen-bond donors (Lipinski definition) is 0. The van der Waals surface area contributed by atoms with Crippen molar-refractivity contribution in [3.8, 4) is 5.75 Å². The summed E-state index contributed by atoms with van der Waals surface area (Å²) in [5, 5.41) is 0. The zero-order valence-electron chi connectivity index (χ0n) is 13.9. The summed E-state index contributed by atoms with van der Waals surface area (Å²) in [6.07, 6.45) is 3.83. The minimum Gasteiger partial charge on any atom is -0.494 e. The van der Waals surface area contributed by atoms with E-state index in [-0.39, 0.29) is 0 Å². The number of anilines is 1. The maximum absolute atomic E-state index is 13.0. The molecular weight excluding hydrogens is 322 g/mol. The molecule has 0 fully saturated rings. The van der Waals surface area contributed by atoms with E-state index in [4.69, 9.17) is 4.74 Å². The Labute approximate surface area is 144 Å². The molecule has 0 N–H and O–H groups in total. The SMILES string of the molecule is CCCCOc1ccc(S(=O)(=O)N2CCCc3ccccc32)cc1. The lowest BCUT2D eigenvalue weighted by Gasteiger charge is -2.30. The van der Waals surface area contributed by atoms with Crippen LogP contribution in [0, 0.1) is 0 Å². The Bertz CT molecular complexity index is 785. The normalized spacial score (nSPS) is 14.3. The summed E-state index contributed by atoms with van der Waals surface area (Å²) < 4.78 is 33.1. The van der Waals surface area contributed by atoms with Crippen LogP contribution in [0.3, 0.4) is 0 Å². The number of aryl methyl sites for hydroxylation is 1. The number of rotatable bonds is 6. The van der Waals surface area contributed by atoms with Gasteiger partial charge in [-0.2, -0.15) is 0 Å². The molecule has 1 aliphatic rings. The number of fused-ring (bicyclic) bond motifs is 1.